The van der Waals surface area contributed by atoms with Crippen molar-refractivity contribution >= 4 is 39.8 Å². The minimum atomic E-state index is -0.110. The van der Waals surface area contributed by atoms with Crippen LogP contribution in [0.15, 0.2) is 29.4 Å². The molecule has 10 heteroatoms. The average molecular weight is 447 g/mol. The summed E-state index contributed by atoms with van der Waals surface area (Å²) in [7, 11) is 1.65. The lowest BCUT2D eigenvalue weighted by Crippen LogP contribution is -2.16. The number of para-hydroxylation sites is 2. The highest BCUT2D eigenvalue weighted by Crippen LogP contribution is 2.29. The van der Waals surface area contributed by atoms with Crippen molar-refractivity contribution in [3.05, 3.63) is 40.7 Å². The van der Waals surface area contributed by atoms with Crippen molar-refractivity contribution in [1.29, 1.82) is 0 Å². The van der Waals surface area contributed by atoms with Crippen molar-refractivity contribution in [2.75, 3.05) is 23.5 Å². The van der Waals surface area contributed by atoms with Gasteiger partial charge in [0.1, 0.15) is 5.75 Å². The molecule has 0 saturated heterocycles. The first-order valence-electron chi connectivity index (χ1n) is 9.62. The van der Waals surface area contributed by atoms with Gasteiger partial charge in [-0.2, -0.15) is 0 Å². The average Bonchev–Trinajstić information content (AvgIpc) is 3.28. The van der Waals surface area contributed by atoms with Crippen LogP contribution in [0.2, 0.25) is 0 Å². The fourth-order valence-electron chi connectivity index (χ4n) is 2.90. The number of hydrogen-bond donors (Lipinski definition) is 2. The number of amides is 1. The summed E-state index contributed by atoms with van der Waals surface area (Å²) in [6.07, 6.45) is 0. The predicted octanol–water partition coefficient (Wildman–Crippen LogP) is 4.28. The SMILES string of the molecule is CCn1c(SCC(=O)Nc2nc(C)c(C)s2)nnc1C(C)Nc1ccccc1OC. The summed E-state index contributed by atoms with van der Waals surface area (Å²) < 4.78 is 7.42. The van der Waals surface area contributed by atoms with Crippen LogP contribution in [0.4, 0.5) is 10.8 Å². The topological polar surface area (TPSA) is 94.0 Å². The Morgan fingerprint density at radius 1 is 1.30 bits per heavy atom. The minimum absolute atomic E-state index is 0.0850. The summed E-state index contributed by atoms with van der Waals surface area (Å²) in [6, 6.07) is 7.66. The van der Waals surface area contributed by atoms with E-state index < -0.39 is 0 Å². The normalized spacial score (nSPS) is 11.9. The highest BCUT2D eigenvalue weighted by molar-refractivity contribution is 7.99. The second-order valence-electron chi connectivity index (χ2n) is 6.65. The van der Waals surface area contributed by atoms with Gasteiger partial charge in [-0.3, -0.25) is 4.79 Å². The van der Waals surface area contributed by atoms with E-state index in [9.17, 15) is 4.79 Å². The van der Waals surface area contributed by atoms with Crippen LogP contribution in [0.5, 0.6) is 5.75 Å². The molecule has 2 heterocycles. The summed E-state index contributed by atoms with van der Waals surface area (Å²) in [6.45, 7) is 8.69. The number of nitrogens with one attached hydrogen (secondary N) is 2. The second-order valence-corrected chi connectivity index (χ2v) is 8.79. The first-order valence-corrected chi connectivity index (χ1v) is 11.4. The van der Waals surface area contributed by atoms with Crippen LogP contribution in [0.25, 0.3) is 0 Å². The van der Waals surface area contributed by atoms with E-state index in [1.54, 1.807) is 7.11 Å². The number of nitrogens with zero attached hydrogens (tertiary/aromatic N) is 4. The third-order valence-electron chi connectivity index (χ3n) is 4.54. The zero-order valence-electron chi connectivity index (χ0n) is 17.7. The van der Waals surface area contributed by atoms with E-state index in [0.29, 0.717) is 16.8 Å². The third-order valence-corrected chi connectivity index (χ3v) is 6.49. The van der Waals surface area contributed by atoms with Gasteiger partial charge in [-0.15, -0.1) is 21.5 Å². The van der Waals surface area contributed by atoms with Crippen LogP contribution < -0.4 is 15.4 Å². The molecule has 1 atom stereocenters. The molecule has 0 radical (unpaired) electrons. The van der Waals surface area contributed by atoms with Crippen LogP contribution >= 0.6 is 23.1 Å². The maximum Gasteiger partial charge on any atom is 0.236 e. The molecule has 160 valence electrons. The van der Waals surface area contributed by atoms with Crippen molar-refractivity contribution in [2.45, 2.75) is 45.4 Å². The number of ether oxygens (including phenoxy) is 1. The lowest BCUT2D eigenvalue weighted by atomic mass is 10.2. The van der Waals surface area contributed by atoms with Crippen LogP contribution in [0, 0.1) is 13.8 Å². The van der Waals surface area contributed by atoms with Crippen LogP contribution in [0.3, 0.4) is 0 Å². The summed E-state index contributed by atoms with van der Waals surface area (Å²) in [5.74, 6) is 1.70. The molecule has 0 aliphatic carbocycles. The molecule has 0 bridgehead atoms. The highest BCUT2D eigenvalue weighted by Gasteiger charge is 2.19. The van der Waals surface area contributed by atoms with E-state index >= 15 is 0 Å². The zero-order chi connectivity index (χ0) is 21.7. The monoisotopic (exact) mass is 446 g/mol. The van der Waals surface area contributed by atoms with Crippen molar-refractivity contribution in [3.8, 4) is 5.75 Å². The minimum Gasteiger partial charge on any atom is -0.495 e. The van der Waals surface area contributed by atoms with Gasteiger partial charge in [-0.1, -0.05) is 23.9 Å². The van der Waals surface area contributed by atoms with E-state index in [-0.39, 0.29) is 17.7 Å². The molecule has 0 aliphatic heterocycles. The van der Waals surface area contributed by atoms with Crippen LogP contribution in [0.1, 0.15) is 36.3 Å². The molecular formula is C20H26N6O2S2. The van der Waals surface area contributed by atoms with Gasteiger partial charge in [0.15, 0.2) is 16.1 Å². The maximum absolute atomic E-state index is 12.3. The summed E-state index contributed by atoms with van der Waals surface area (Å²) in [5.41, 5.74) is 1.83. The molecule has 30 heavy (non-hydrogen) atoms. The number of carbonyl (C=O) groups is 1. The summed E-state index contributed by atoms with van der Waals surface area (Å²) >= 11 is 2.84. The Labute approximate surface area is 184 Å². The van der Waals surface area contributed by atoms with Gasteiger partial charge in [0.2, 0.25) is 5.91 Å². The highest BCUT2D eigenvalue weighted by atomic mass is 32.2. The summed E-state index contributed by atoms with van der Waals surface area (Å²) in [5, 5.41) is 16.3. The summed E-state index contributed by atoms with van der Waals surface area (Å²) in [4.78, 5) is 17.8. The van der Waals surface area contributed by atoms with Gasteiger partial charge in [0.05, 0.1) is 30.3 Å². The smallest absolute Gasteiger partial charge is 0.236 e. The standard InChI is InChI=1S/C20H26N6O2S2/c1-6-26-18(13(3)21-15-9-7-8-10-16(15)28-5)24-25-20(26)29-11-17(27)23-19-22-12(2)14(4)30-19/h7-10,13,21H,6,11H2,1-5H3,(H,22,23,27). The molecular weight excluding hydrogens is 420 g/mol. The first kappa shape index (κ1) is 22.1. The Bertz CT molecular complexity index is 997. The number of aryl methyl sites for hydroxylation is 2. The largest absolute Gasteiger partial charge is 0.495 e. The number of thioether (sulfide) groups is 1. The number of anilines is 2. The van der Waals surface area contributed by atoms with Crippen molar-refractivity contribution in [1.82, 2.24) is 19.7 Å². The van der Waals surface area contributed by atoms with Crippen molar-refractivity contribution in [3.63, 3.8) is 0 Å². The molecule has 2 aromatic heterocycles. The Morgan fingerprint density at radius 3 is 2.73 bits per heavy atom. The number of rotatable bonds is 9. The van der Waals surface area contributed by atoms with Gasteiger partial charge in [-0.25, -0.2) is 4.98 Å². The number of aromatic nitrogens is 4. The second kappa shape index (κ2) is 9.94. The Morgan fingerprint density at radius 2 is 2.07 bits per heavy atom. The third kappa shape index (κ3) is 5.11. The molecule has 8 nitrogen and oxygen atoms in total. The molecule has 0 fully saturated rings. The van der Waals surface area contributed by atoms with E-state index in [0.717, 1.165) is 27.8 Å². The van der Waals surface area contributed by atoms with Gasteiger partial charge >= 0.3 is 0 Å². The molecule has 3 rings (SSSR count). The zero-order valence-corrected chi connectivity index (χ0v) is 19.4. The number of benzene rings is 1. The molecule has 0 aliphatic rings. The number of thiazole rings is 1. The van der Waals surface area contributed by atoms with Crippen LogP contribution in [-0.4, -0.2) is 38.5 Å². The molecule has 2 N–H and O–H groups in total. The number of hydrogen-bond acceptors (Lipinski definition) is 8. The first-order chi connectivity index (χ1) is 14.4. The Kier molecular flexibility index (Phi) is 7.33. The lowest BCUT2D eigenvalue weighted by molar-refractivity contribution is -0.113. The molecule has 1 aromatic carbocycles. The van der Waals surface area contributed by atoms with Crippen molar-refractivity contribution < 1.29 is 9.53 Å². The molecule has 1 amide bonds. The van der Waals surface area contributed by atoms with Gasteiger partial charge in [0.25, 0.3) is 0 Å². The van der Waals surface area contributed by atoms with Crippen LogP contribution in [-0.2, 0) is 11.3 Å². The Hall–Kier alpha value is -2.59. The number of carbonyl (C=O) groups excluding carboxylic acids is 1. The predicted molar refractivity (Wildman–Crippen MR) is 122 cm³/mol. The van der Waals surface area contributed by atoms with Gasteiger partial charge in [0, 0.05) is 11.4 Å². The molecule has 1 unspecified atom stereocenters. The maximum atomic E-state index is 12.3. The number of methoxy groups -OCH3 is 1. The van der Waals surface area contributed by atoms with Gasteiger partial charge in [-0.05, 0) is 39.8 Å². The Balaban J connectivity index is 1.65. The van der Waals surface area contributed by atoms with E-state index in [1.165, 1.54) is 23.1 Å². The van der Waals surface area contributed by atoms with E-state index in [1.807, 2.05) is 56.5 Å². The molecule has 0 saturated carbocycles. The fourth-order valence-corrected chi connectivity index (χ4v) is 4.54. The fraction of sp³-hybridized carbons (Fsp3) is 0.400. The van der Waals surface area contributed by atoms with Gasteiger partial charge < -0.3 is 19.9 Å². The molecule has 3 aromatic rings. The van der Waals surface area contributed by atoms with E-state index in [4.69, 9.17) is 4.74 Å². The molecule has 0 spiro atoms. The van der Waals surface area contributed by atoms with Crippen molar-refractivity contribution in [2.24, 2.45) is 0 Å². The quantitative estimate of drug-likeness (QED) is 0.474. The van der Waals surface area contributed by atoms with E-state index in [2.05, 4.69) is 25.8 Å². The lowest BCUT2D eigenvalue weighted by Gasteiger charge is -2.18.